The quantitative estimate of drug-likeness (QED) is 0.803. The number of carbonyl (C=O) groups excluding carboxylic acids is 1. The van der Waals surface area contributed by atoms with Gasteiger partial charge in [0.05, 0.1) is 11.8 Å². The maximum absolute atomic E-state index is 12.3. The van der Waals surface area contributed by atoms with E-state index in [-0.39, 0.29) is 24.5 Å². The van der Waals surface area contributed by atoms with Gasteiger partial charge in [-0.2, -0.15) is 5.10 Å². The molecule has 1 unspecified atom stereocenters. The predicted molar refractivity (Wildman–Crippen MR) is 79.6 cm³/mol. The molecule has 2 N–H and O–H groups in total. The lowest BCUT2D eigenvalue weighted by atomic mass is 10.0. The van der Waals surface area contributed by atoms with Crippen molar-refractivity contribution in [3.05, 3.63) is 17.5 Å². The average Bonchev–Trinajstić information content (AvgIpc) is 2.69. The summed E-state index contributed by atoms with van der Waals surface area (Å²) in [5.41, 5.74) is 1.51. The number of amides is 1. The van der Waals surface area contributed by atoms with E-state index in [0.717, 1.165) is 12.2 Å². The van der Waals surface area contributed by atoms with Crippen molar-refractivity contribution < 1.29 is 9.90 Å². The van der Waals surface area contributed by atoms with Crippen molar-refractivity contribution in [3.8, 4) is 0 Å². The zero-order chi connectivity index (χ0) is 15.3. The summed E-state index contributed by atoms with van der Waals surface area (Å²) in [7, 11) is 0. The first-order valence-corrected chi connectivity index (χ1v) is 7.30. The van der Waals surface area contributed by atoms with E-state index in [9.17, 15) is 4.79 Å². The second-order valence-corrected chi connectivity index (χ2v) is 6.06. The predicted octanol–water partition coefficient (Wildman–Crippen LogP) is 1.98. The van der Waals surface area contributed by atoms with Gasteiger partial charge in [0, 0.05) is 24.9 Å². The van der Waals surface area contributed by atoms with Crippen LogP contribution in [0, 0.1) is 18.8 Å². The molecule has 1 amide bonds. The fraction of sp³-hybridized carbons (Fsp3) is 0.733. The minimum Gasteiger partial charge on any atom is -0.396 e. The van der Waals surface area contributed by atoms with E-state index in [1.54, 1.807) is 6.20 Å². The van der Waals surface area contributed by atoms with E-state index >= 15 is 0 Å². The molecule has 0 saturated heterocycles. The molecule has 0 aliphatic heterocycles. The lowest BCUT2D eigenvalue weighted by molar-refractivity contribution is 0.0916. The first-order valence-electron chi connectivity index (χ1n) is 7.30. The van der Waals surface area contributed by atoms with Crippen LogP contribution in [-0.4, -0.2) is 33.4 Å². The standard InChI is InChI=1S/C15H27N3O2/c1-10(2)9-18-12(5)13(8-16-18)15(20)17-14(6-7-19)11(3)4/h8,10-11,14,19H,6-7,9H2,1-5H3,(H,17,20). The number of aliphatic hydroxyl groups excluding tert-OH is 1. The van der Waals surface area contributed by atoms with Crippen LogP contribution >= 0.6 is 0 Å². The van der Waals surface area contributed by atoms with Crippen molar-refractivity contribution in [2.24, 2.45) is 11.8 Å². The Morgan fingerprint density at radius 2 is 2.05 bits per heavy atom. The number of hydrogen-bond donors (Lipinski definition) is 2. The maximum atomic E-state index is 12.3. The van der Waals surface area contributed by atoms with E-state index in [2.05, 4.69) is 24.3 Å². The molecule has 1 aromatic heterocycles. The van der Waals surface area contributed by atoms with Gasteiger partial charge >= 0.3 is 0 Å². The molecule has 5 nitrogen and oxygen atoms in total. The minimum absolute atomic E-state index is 0.0136. The molecule has 0 fully saturated rings. The van der Waals surface area contributed by atoms with Gasteiger partial charge in [-0.3, -0.25) is 9.48 Å². The maximum Gasteiger partial charge on any atom is 0.254 e. The molecule has 1 rings (SSSR count). The summed E-state index contributed by atoms with van der Waals surface area (Å²) in [6, 6.07) is -0.0136. The molecular formula is C15H27N3O2. The number of nitrogens with zero attached hydrogens (tertiary/aromatic N) is 2. The Balaban J connectivity index is 2.79. The number of aromatic nitrogens is 2. The zero-order valence-corrected chi connectivity index (χ0v) is 13.2. The molecule has 0 aliphatic carbocycles. The fourth-order valence-electron chi connectivity index (χ4n) is 2.16. The molecule has 1 atom stereocenters. The second kappa shape index (κ2) is 7.43. The molecule has 5 heteroatoms. The molecule has 0 aromatic carbocycles. The first kappa shape index (κ1) is 16.7. The Kier molecular flexibility index (Phi) is 6.20. The molecule has 0 radical (unpaired) electrons. The SMILES string of the molecule is Cc1c(C(=O)NC(CCO)C(C)C)cnn1CC(C)C. The first-order chi connectivity index (χ1) is 9.36. The Hall–Kier alpha value is -1.36. The zero-order valence-electron chi connectivity index (χ0n) is 13.2. The Morgan fingerprint density at radius 1 is 1.40 bits per heavy atom. The summed E-state index contributed by atoms with van der Waals surface area (Å²) in [5.74, 6) is 0.670. The highest BCUT2D eigenvalue weighted by Gasteiger charge is 2.20. The van der Waals surface area contributed by atoms with E-state index in [1.807, 2.05) is 25.5 Å². The van der Waals surface area contributed by atoms with Crippen LogP contribution in [0.25, 0.3) is 0 Å². The van der Waals surface area contributed by atoms with Crippen molar-refractivity contribution in [3.63, 3.8) is 0 Å². The van der Waals surface area contributed by atoms with Crippen LogP contribution in [0.3, 0.4) is 0 Å². The molecule has 1 heterocycles. The average molecular weight is 281 g/mol. The third-order valence-electron chi connectivity index (χ3n) is 3.45. The van der Waals surface area contributed by atoms with Crippen LogP contribution in [-0.2, 0) is 6.54 Å². The molecule has 0 aliphatic rings. The number of aliphatic hydroxyl groups is 1. The summed E-state index contributed by atoms with van der Waals surface area (Å²) in [5, 5.41) is 16.3. The van der Waals surface area contributed by atoms with E-state index in [0.29, 0.717) is 17.9 Å². The third-order valence-corrected chi connectivity index (χ3v) is 3.45. The van der Waals surface area contributed by atoms with E-state index < -0.39 is 0 Å². The smallest absolute Gasteiger partial charge is 0.254 e. The highest BCUT2D eigenvalue weighted by atomic mass is 16.3. The number of hydrogen-bond acceptors (Lipinski definition) is 3. The van der Waals surface area contributed by atoms with Crippen molar-refractivity contribution in [1.29, 1.82) is 0 Å². The topological polar surface area (TPSA) is 67.2 Å². The van der Waals surface area contributed by atoms with Gasteiger partial charge in [0.25, 0.3) is 5.91 Å². The number of rotatable bonds is 7. The van der Waals surface area contributed by atoms with Crippen molar-refractivity contribution in [1.82, 2.24) is 15.1 Å². The summed E-state index contributed by atoms with van der Waals surface area (Å²) in [6.45, 7) is 11.1. The monoisotopic (exact) mass is 281 g/mol. The second-order valence-electron chi connectivity index (χ2n) is 6.06. The Bertz CT molecular complexity index is 438. The number of nitrogens with one attached hydrogen (secondary N) is 1. The van der Waals surface area contributed by atoms with Gasteiger partial charge in [-0.1, -0.05) is 27.7 Å². The normalized spacial score (nSPS) is 13.0. The summed E-state index contributed by atoms with van der Waals surface area (Å²) in [4.78, 5) is 12.3. The molecule has 20 heavy (non-hydrogen) atoms. The fourth-order valence-corrected chi connectivity index (χ4v) is 2.16. The van der Waals surface area contributed by atoms with Crippen LogP contribution in [0.5, 0.6) is 0 Å². The third kappa shape index (κ3) is 4.34. The molecule has 0 spiro atoms. The van der Waals surface area contributed by atoms with Gasteiger partial charge in [0.1, 0.15) is 0 Å². The summed E-state index contributed by atoms with van der Waals surface area (Å²) < 4.78 is 1.87. The van der Waals surface area contributed by atoms with Gasteiger partial charge in [0.15, 0.2) is 0 Å². The van der Waals surface area contributed by atoms with Crippen molar-refractivity contribution in [2.75, 3.05) is 6.61 Å². The van der Waals surface area contributed by atoms with Gasteiger partial charge in [0.2, 0.25) is 0 Å². The van der Waals surface area contributed by atoms with Gasteiger partial charge in [-0.05, 0) is 25.2 Å². The van der Waals surface area contributed by atoms with E-state index in [4.69, 9.17) is 5.11 Å². The van der Waals surface area contributed by atoms with Crippen LogP contribution < -0.4 is 5.32 Å². The Labute approximate surface area is 121 Å². The highest BCUT2D eigenvalue weighted by Crippen LogP contribution is 2.12. The van der Waals surface area contributed by atoms with Gasteiger partial charge in [-0.15, -0.1) is 0 Å². The lowest BCUT2D eigenvalue weighted by Gasteiger charge is -2.21. The van der Waals surface area contributed by atoms with Gasteiger partial charge in [-0.25, -0.2) is 0 Å². The van der Waals surface area contributed by atoms with Gasteiger partial charge < -0.3 is 10.4 Å². The molecular weight excluding hydrogens is 254 g/mol. The molecule has 0 bridgehead atoms. The largest absolute Gasteiger partial charge is 0.396 e. The van der Waals surface area contributed by atoms with Crippen LogP contribution in [0.4, 0.5) is 0 Å². The van der Waals surface area contributed by atoms with Crippen LogP contribution in [0.2, 0.25) is 0 Å². The Morgan fingerprint density at radius 3 is 2.55 bits per heavy atom. The van der Waals surface area contributed by atoms with Crippen LogP contribution in [0.1, 0.15) is 50.2 Å². The van der Waals surface area contributed by atoms with Crippen molar-refractivity contribution >= 4 is 5.91 Å². The summed E-state index contributed by atoms with van der Waals surface area (Å²) in [6.07, 6.45) is 2.20. The van der Waals surface area contributed by atoms with Crippen molar-refractivity contribution in [2.45, 2.75) is 53.6 Å². The number of carbonyl (C=O) groups is 1. The molecule has 0 saturated carbocycles. The molecule has 1 aromatic rings. The van der Waals surface area contributed by atoms with Crippen LogP contribution in [0.15, 0.2) is 6.20 Å². The highest BCUT2D eigenvalue weighted by molar-refractivity contribution is 5.95. The molecule has 114 valence electrons. The van der Waals surface area contributed by atoms with E-state index in [1.165, 1.54) is 0 Å². The minimum atomic E-state index is -0.107. The lowest BCUT2D eigenvalue weighted by Crippen LogP contribution is -2.39. The summed E-state index contributed by atoms with van der Waals surface area (Å²) >= 11 is 0.